The van der Waals surface area contributed by atoms with Gasteiger partial charge in [0.1, 0.15) is 0 Å². The third-order valence-electron chi connectivity index (χ3n) is 4.13. The van der Waals surface area contributed by atoms with Crippen LogP contribution in [0.15, 0.2) is 0 Å². The number of hydrogen-bond donors (Lipinski definition) is 1. The highest BCUT2D eigenvalue weighted by Gasteiger charge is 2.27. The first-order valence-electron chi connectivity index (χ1n) is 7.04. The van der Waals surface area contributed by atoms with E-state index < -0.39 is 0 Å². The summed E-state index contributed by atoms with van der Waals surface area (Å²) in [6.07, 6.45) is 5.10. The molecular weight excluding hydrogens is 196 g/mol. The zero-order chi connectivity index (χ0) is 12.1. The van der Waals surface area contributed by atoms with Gasteiger partial charge in [-0.3, -0.25) is 0 Å². The third kappa shape index (κ3) is 4.06. The van der Waals surface area contributed by atoms with E-state index in [0.29, 0.717) is 6.04 Å². The van der Waals surface area contributed by atoms with Crippen LogP contribution in [-0.4, -0.2) is 30.1 Å². The van der Waals surface area contributed by atoms with Crippen LogP contribution in [-0.2, 0) is 0 Å². The highest BCUT2D eigenvalue weighted by Crippen LogP contribution is 2.22. The molecule has 1 aliphatic heterocycles. The van der Waals surface area contributed by atoms with Crippen molar-refractivity contribution in [2.75, 3.05) is 13.1 Å². The van der Waals surface area contributed by atoms with E-state index in [4.69, 9.17) is 5.73 Å². The Balaban J connectivity index is 2.36. The Labute approximate surface area is 102 Å². The molecule has 0 saturated carbocycles. The fourth-order valence-corrected chi connectivity index (χ4v) is 2.67. The quantitative estimate of drug-likeness (QED) is 0.781. The first-order chi connectivity index (χ1) is 7.54. The summed E-state index contributed by atoms with van der Waals surface area (Å²) in [6, 6.07) is 1.18. The predicted molar refractivity (Wildman–Crippen MR) is 71.5 cm³/mol. The second-order valence-electron chi connectivity index (χ2n) is 5.94. The van der Waals surface area contributed by atoms with Crippen LogP contribution < -0.4 is 5.73 Å². The summed E-state index contributed by atoms with van der Waals surface area (Å²) < 4.78 is 0. The molecule has 3 atom stereocenters. The van der Waals surface area contributed by atoms with Crippen molar-refractivity contribution < 1.29 is 0 Å². The van der Waals surface area contributed by atoms with Crippen LogP contribution in [0.3, 0.4) is 0 Å². The van der Waals surface area contributed by atoms with Gasteiger partial charge in [0, 0.05) is 18.6 Å². The summed E-state index contributed by atoms with van der Waals surface area (Å²) >= 11 is 0. The normalized spacial score (nSPS) is 29.6. The summed E-state index contributed by atoms with van der Waals surface area (Å²) in [4.78, 5) is 2.65. The summed E-state index contributed by atoms with van der Waals surface area (Å²) in [7, 11) is 0. The molecule has 96 valence electrons. The van der Waals surface area contributed by atoms with E-state index in [1.54, 1.807) is 0 Å². The van der Waals surface area contributed by atoms with E-state index in [0.717, 1.165) is 17.9 Å². The maximum atomic E-state index is 6.15. The maximum absolute atomic E-state index is 6.15. The molecule has 0 spiro atoms. The molecule has 0 bridgehead atoms. The Kier molecular flexibility index (Phi) is 5.77. The maximum Gasteiger partial charge on any atom is 0.00914 e. The molecule has 0 aliphatic carbocycles. The minimum absolute atomic E-state index is 0.443. The van der Waals surface area contributed by atoms with E-state index in [1.165, 1.54) is 38.8 Å². The minimum atomic E-state index is 0.443. The fourth-order valence-electron chi connectivity index (χ4n) is 2.67. The molecule has 0 aromatic rings. The van der Waals surface area contributed by atoms with E-state index in [-0.39, 0.29) is 0 Å². The van der Waals surface area contributed by atoms with E-state index >= 15 is 0 Å². The van der Waals surface area contributed by atoms with Gasteiger partial charge in [0.15, 0.2) is 0 Å². The van der Waals surface area contributed by atoms with E-state index in [1.807, 2.05) is 0 Å². The standard InChI is InChI=1S/C14H30N2/c1-5-13-10-16(9-8-14(13)15)12(4)7-6-11(2)3/h11-14H,5-10,15H2,1-4H3. The lowest BCUT2D eigenvalue weighted by Crippen LogP contribution is -2.49. The second kappa shape index (κ2) is 6.61. The van der Waals surface area contributed by atoms with Crippen LogP contribution in [0.4, 0.5) is 0 Å². The molecule has 1 heterocycles. The molecule has 0 amide bonds. The minimum Gasteiger partial charge on any atom is -0.327 e. The van der Waals surface area contributed by atoms with Gasteiger partial charge in [-0.05, 0) is 44.6 Å². The Morgan fingerprint density at radius 1 is 1.25 bits per heavy atom. The molecule has 0 aromatic heterocycles. The van der Waals surface area contributed by atoms with Gasteiger partial charge in [0.2, 0.25) is 0 Å². The number of hydrogen-bond acceptors (Lipinski definition) is 2. The molecular formula is C14H30N2. The molecule has 1 rings (SSSR count). The van der Waals surface area contributed by atoms with Crippen molar-refractivity contribution in [3.8, 4) is 0 Å². The summed E-state index contributed by atoms with van der Waals surface area (Å²) in [5, 5.41) is 0. The summed E-state index contributed by atoms with van der Waals surface area (Å²) in [5.74, 6) is 1.55. The van der Waals surface area contributed by atoms with Crippen LogP contribution in [0.2, 0.25) is 0 Å². The van der Waals surface area contributed by atoms with Gasteiger partial charge < -0.3 is 10.6 Å². The van der Waals surface area contributed by atoms with Crippen molar-refractivity contribution in [1.82, 2.24) is 4.90 Å². The van der Waals surface area contributed by atoms with Crippen molar-refractivity contribution in [2.45, 2.75) is 65.5 Å². The largest absolute Gasteiger partial charge is 0.327 e. The SMILES string of the molecule is CCC1CN(C(C)CCC(C)C)CCC1N. The van der Waals surface area contributed by atoms with Crippen molar-refractivity contribution in [2.24, 2.45) is 17.6 Å². The number of piperidine rings is 1. The molecule has 2 N–H and O–H groups in total. The number of nitrogens with zero attached hydrogens (tertiary/aromatic N) is 1. The van der Waals surface area contributed by atoms with Crippen LogP contribution in [0.1, 0.15) is 53.4 Å². The van der Waals surface area contributed by atoms with Gasteiger partial charge in [0.05, 0.1) is 0 Å². The summed E-state index contributed by atoms with van der Waals surface area (Å²) in [6.45, 7) is 11.7. The van der Waals surface area contributed by atoms with Gasteiger partial charge >= 0.3 is 0 Å². The van der Waals surface area contributed by atoms with E-state index in [9.17, 15) is 0 Å². The predicted octanol–water partition coefficient (Wildman–Crippen LogP) is 2.87. The zero-order valence-corrected chi connectivity index (χ0v) is 11.6. The Morgan fingerprint density at radius 2 is 1.94 bits per heavy atom. The highest BCUT2D eigenvalue weighted by molar-refractivity contribution is 4.84. The zero-order valence-electron chi connectivity index (χ0n) is 11.6. The van der Waals surface area contributed by atoms with Gasteiger partial charge in [0.25, 0.3) is 0 Å². The second-order valence-corrected chi connectivity index (χ2v) is 5.94. The van der Waals surface area contributed by atoms with Crippen molar-refractivity contribution in [3.63, 3.8) is 0 Å². The Bertz CT molecular complexity index is 191. The van der Waals surface area contributed by atoms with Crippen molar-refractivity contribution in [3.05, 3.63) is 0 Å². The van der Waals surface area contributed by atoms with Gasteiger partial charge in [-0.1, -0.05) is 27.2 Å². The number of nitrogens with two attached hydrogens (primary N) is 1. The molecule has 16 heavy (non-hydrogen) atoms. The molecule has 0 radical (unpaired) electrons. The summed E-state index contributed by atoms with van der Waals surface area (Å²) in [5.41, 5.74) is 6.15. The lowest BCUT2D eigenvalue weighted by atomic mass is 9.89. The molecule has 1 aliphatic rings. The fraction of sp³-hybridized carbons (Fsp3) is 1.00. The number of likely N-dealkylation sites (tertiary alicyclic amines) is 1. The average Bonchev–Trinajstić information content (AvgIpc) is 2.26. The first kappa shape index (κ1) is 14.0. The molecule has 0 aromatic carbocycles. The third-order valence-corrected chi connectivity index (χ3v) is 4.13. The van der Waals surface area contributed by atoms with E-state index in [2.05, 4.69) is 32.6 Å². The molecule has 2 heteroatoms. The molecule has 1 saturated heterocycles. The monoisotopic (exact) mass is 226 g/mol. The number of rotatable bonds is 5. The van der Waals surface area contributed by atoms with Gasteiger partial charge in [-0.25, -0.2) is 0 Å². The lowest BCUT2D eigenvalue weighted by Gasteiger charge is -2.40. The highest BCUT2D eigenvalue weighted by atomic mass is 15.2. The molecule has 2 nitrogen and oxygen atoms in total. The van der Waals surface area contributed by atoms with Crippen molar-refractivity contribution in [1.29, 1.82) is 0 Å². The van der Waals surface area contributed by atoms with Crippen LogP contribution in [0.25, 0.3) is 0 Å². The Morgan fingerprint density at radius 3 is 2.50 bits per heavy atom. The lowest BCUT2D eigenvalue weighted by molar-refractivity contribution is 0.107. The van der Waals surface area contributed by atoms with Crippen molar-refractivity contribution >= 4 is 0 Å². The molecule has 3 unspecified atom stereocenters. The van der Waals surface area contributed by atoms with Crippen LogP contribution >= 0.6 is 0 Å². The first-order valence-corrected chi connectivity index (χ1v) is 7.04. The Hall–Kier alpha value is -0.0800. The van der Waals surface area contributed by atoms with Crippen LogP contribution in [0.5, 0.6) is 0 Å². The van der Waals surface area contributed by atoms with Gasteiger partial charge in [-0.15, -0.1) is 0 Å². The average molecular weight is 226 g/mol. The molecule has 1 fully saturated rings. The van der Waals surface area contributed by atoms with Crippen LogP contribution in [0, 0.1) is 11.8 Å². The van der Waals surface area contributed by atoms with Gasteiger partial charge in [-0.2, -0.15) is 0 Å². The topological polar surface area (TPSA) is 29.3 Å². The smallest absolute Gasteiger partial charge is 0.00914 e.